The second-order valence-corrected chi connectivity index (χ2v) is 9.20. The van der Waals surface area contributed by atoms with E-state index < -0.39 is 0 Å². The zero-order valence-corrected chi connectivity index (χ0v) is 21.4. The maximum absolute atomic E-state index is 12.4. The Bertz CT molecular complexity index is 1310. The quantitative estimate of drug-likeness (QED) is 0.267. The summed E-state index contributed by atoms with van der Waals surface area (Å²) in [6, 6.07) is 22.3. The highest BCUT2D eigenvalue weighted by Gasteiger charge is 2.11. The van der Waals surface area contributed by atoms with Crippen molar-refractivity contribution in [2.75, 3.05) is 19.8 Å². The van der Waals surface area contributed by atoms with Crippen molar-refractivity contribution >= 4 is 16.9 Å². The molecule has 0 unspecified atom stereocenters. The van der Waals surface area contributed by atoms with E-state index in [0.717, 1.165) is 58.9 Å². The fourth-order valence-corrected chi connectivity index (χ4v) is 4.20. The van der Waals surface area contributed by atoms with Crippen LogP contribution in [0.2, 0.25) is 0 Å². The number of nitrogens with one attached hydrogen (secondary N) is 1. The van der Waals surface area contributed by atoms with Gasteiger partial charge in [-0.15, -0.1) is 0 Å². The van der Waals surface area contributed by atoms with Crippen LogP contribution in [-0.4, -0.2) is 35.2 Å². The van der Waals surface area contributed by atoms with Crippen molar-refractivity contribution in [2.24, 2.45) is 0 Å². The minimum Gasteiger partial charge on any atom is -0.494 e. The lowest BCUT2D eigenvalue weighted by Crippen LogP contribution is -2.31. The summed E-state index contributed by atoms with van der Waals surface area (Å²) in [5.41, 5.74) is 5.43. The Balaban J connectivity index is 1.27. The van der Waals surface area contributed by atoms with E-state index in [1.165, 1.54) is 5.56 Å². The highest BCUT2D eigenvalue weighted by atomic mass is 16.5. The third kappa shape index (κ3) is 6.87. The van der Waals surface area contributed by atoms with Gasteiger partial charge in [0.05, 0.1) is 17.6 Å². The first-order valence-corrected chi connectivity index (χ1v) is 12.6. The van der Waals surface area contributed by atoms with E-state index in [0.29, 0.717) is 19.6 Å². The van der Waals surface area contributed by atoms with Crippen LogP contribution < -0.4 is 14.8 Å². The van der Waals surface area contributed by atoms with Gasteiger partial charge < -0.3 is 19.4 Å². The van der Waals surface area contributed by atoms with Crippen LogP contribution in [0.1, 0.15) is 35.4 Å². The molecule has 0 saturated carbocycles. The topological polar surface area (TPSA) is 65.4 Å². The number of fused-ring (bicyclic) bond motifs is 1. The largest absolute Gasteiger partial charge is 0.494 e. The van der Waals surface area contributed by atoms with Gasteiger partial charge >= 0.3 is 0 Å². The van der Waals surface area contributed by atoms with Crippen molar-refractivity contribution in [3.05, 3.63) is 89.2 Å². The van der Waals surface area contributed by atoms with Gasteiger partial charge in [0.1, 0.15) is 17.3 Å². The second kappa shape index (κ2) is 12.2. The molecule has 0 fully saturated rings. The summed E-state index contributed by atoms with van der Waals surface area (Å²) >= 11 is 0. The zero-order chi connectivity index (χ0) is 25.3. The Hall–Kier alpha value is -3.80. The third-order valence-electron chi connectivity index (χ3n) is 6.14. The van der Waals surface area contributed by atoms with Gasteiger partial charge in [-0.05, 0) is 80.6 Å². The van der Waals surface area contributed by atoms with Crippen LogP contribution in [-0.2, 0) is 17.8 Å². The monoisotopic (exact) mass is 485 g/mol. The molecule has 0 aliphatic heterocycles. The lowest BCUT2D eigenvalue weighted by atomic mass is 10.1. The van der Waals surface area contributed by atoms with Gasteiger partial charge in [-0.2, -0.15) is 0 Å². The van der Waals surface area contributed by atoms with Crippen LogP contribution in [0.5, 0.6) is 11.5 Å². The molecule has 0 radical (unpaired) electrons. The second-order valence-electron chi connectivity index (χ2n) is 9.20. The van der Waals surface area contributed by atoms with Crippen LogP contribution in [0.15, 0.2) is 66.7 Å². The molecule has 188 valence electrons. The van der Waals surface area contributed by atoms with E-state index in [1.807, 2.05) is 62.4 Å². The number of para-hydroxylation sites is 2. The molecule has 1 aromatic heterocycles. The Morgan fingerprint density at radius 1 is 0.917 bits per heavy atom. The van der Waals surface area contributed by atoms with E-state index in [1.54, 1.807) is 0 Å². The van der Waals surface area contributed by atoms with Gasteiger partial charge in [0.2, 0.25) is 0 Å². The number of aryl methyl sites for hydroxylation is 4. The molecule has 1 heterocycles. The Morgan fingerprint density at radius 3 is 2.61 bits per heavy atom. The van der Waals surface area contributed by atoms with Crippen LogP contribution in [0.3, 0.4) is 0 Å². The van der Waals surface area contributed by atoms with Crippen LogP contribution >= 0.6 is 0 Å². The minimum atomic E-state index is -0.133. The molecule has 4 aromatic rings. The van der Waals surface area contributed by atoms with Crippen molar-refractivity contribution in [1.82, 2.24) is 14.9 Å². The van der Waals surface area contributed by atoms with Gasteiger partial charge in [-0.3, -0.25) is 4.79 Å². The normalized spacial score (nSPS) is 11.0. The molecular weight excluding hydrogens is 450 g/mol. The number of hydrogen-bond donors (Lipinski definition) is 1. The molecule has 4 rings (SSSR count). The first-order chi connectivity index (χ1) is 17.5. The molecule has 0 saturated heterocycles. The first-order valence-electron chi connectivity index (χ1n) is 12.6. The van der Waals surface area contributed by atoms with Crippen molar-refractivity contribution in [3.8, 4) is 11.5 Å². The lowest BCUT2D eigenvalue weighted by Gasteiger charge is -2.12. The fourth-order valence-electron chi connectivity index (χ4n) is 4.20. The first kappa shape index (κ1) is 25.3. The zero-order valence-electron chi connectivity index (χ0n) is 21.4. The average Bonchev–Trinajstić information content (AvgIpc) is 3.21. The molecule has 0 atom stereocenters. The number of ether oxygens (including phenoxy) is 2. The number of rotatable bonds is 12. The number of amides is 1. The number of imidazole rings is 1. The fraction of sp³-hybridized carbons (Fsp3) is 0.333. The molecule has 3 aromatic carbocycles. The third-order valence-corrected chi connectivity index (χ3v) is 6.14. The Labute approximate surface area is 213 Å². The van der Waals surface area contributed by atoms with Crippen LogP contribution in [0.25, 0.3) is 11.0 Å². The highest BCUT2D eigenvalue weighted by Crippen LogP contribution is 2.20. The summed E-state index contributed by atoms with van der Waals surface area (Å²) in [7, 11) is 0. The molecule has 0 aliphatic carbocycles. The lowest BCUT2D eigenvalue weighted by molar-refractivity contribution is -0.123. The molecule has 0 bridgehead atoms. The predicted molar refractivity (Wildman–Crippen MR) is 144 cm³/mol. The predicted octanol–water partition coefficient (Wildman–Crippen LogP) is 5.56. The number of unbranched alkanes of at least 4 members (excludes halogenated alkanes) is 1. The molecule has 1 amide bonds. The van der Waals surface area contributed by atoms with Crippen molar-refractivity contribution in [2.45, 2.75) is 46.6 Å². The summed E-state index contributed by atoms with van der Waals surface area (Å²) in [6.07, 6.45) is 2.59. The molecule has 6 heteroatoms. The SMILES string of the molecule is Cc1cccc(OCCCCn2c(CCNC(=O)COc3cc(C)ccc3C)nc3ccccc32)c1. The van der Waals surface area contributed by atoms with E-state index in [2.05, 4.69) is 35.0 Å². The van der Waals surface area contributed by atoms with E-state index in [9.17, 15) is 4.79 Å². The number of carbonyl (C=O) groups is 1. The molecule has 6 nitrogen and oxygen atoms in total. The summed E-state index contributed by atoms with van der Waals surface area (Å²) in [4.78, 5) is 17.2. The molecule has 1 N–H and O–H groups in total. The number of benzene rings is 3. The number of nitrogens with zero attached hydrogens (tertiary/aromatic N) is 2. The maximum Gasteiger partial charge on any atom is 0.257 e. The van der Waals surface area contributed by atoms with E-state index >= 15 is 0 Å². The maximum atomic E-state index is 12.4. The standard InChI is InChI=1S/C30H35N3O3/c1-22-9-8-10-25(19-22)35-18-7-6-17-33-27-12-5-4-11-26(27)32-29(33)15-16-31-30(34)21-36-28-20-23(2)13-14-24(28)3/h4-5,8-14,19-20H,6-7,15-18,21H2,1-3H3,(H,31,34). The highest BCUT2D eigenvalue weighted by molar-refractivity contribution is 5.78. The van der Waals surface area contributed by atoms with Crippen molar-refractivity contribution in [3.63, 3.8) is 0 Å². The molecule has 0 spiro atoms. The van der Waals surface area contributed by atoms with Crippen LogP contribution in [0.4, 0.5) is 0 Å². The van der Waals surface area contributed by atoms with Gasteiger partial charge in [-0.25, -0.2) is 4.98 Å². The van der Waals surface area contributed by atoms with E-state index in [4.69, 9.17) is 14.5 Å². The number of aromatic nitrogens is 2. The number of hydrogen-bond acceptors (Lipinski definition) is 4. The summed E-state index contributed by atoms with van der Waals surface area (Å²) < 4.78 is 13.9. The molecule has 36 heavy (non-hydrogen) atoms. The van der Waals surface area contributed by atoms with Gasteiger partial charge in [0.25, 0.3) is 5.91 Å². The van der Waals surface area contributed by atoms with Crippen LogP contribution in [0, 0.1) is 20.8 Å². The minimum absolute atomic E-state index is 0.00164. The van der Waals surface area contributed by atoms with Gasteiger partial charge in [0, 0.05) is 19.5 Å². The number of carbonyl (C=O) groups excluding carboxylic acids is 1. The average molecular weight is 486 g/mol. The summed E-state index contributed by atoms with van der Waals surface area (Å²) in [5, 5.41) is 2.97. The van der Waals surface area contributed by atoms with Crippen molar-refractivity contribution < 1.29 is 14.3 Å². The molecular formula is C30H35N3O3. The van der Waals surface area contributed by atoms with E-state index in [-0.39, 0.29) is 12.5 Å². The van der Waals surface area contributed by atoms with Gasteiger partial charge in [-0.1, -0.05) is 36.4 Å². The summed E-state index contributed by atoms with van der Waals surface area (Å²) in [5.74, 6) is 2.51. The molecule has 0 aliphatic rings. The Morgan fingerprint density at radius 2 is 1.75 bits per heavy atom. The van der Waals surface area contributed by atoms with Crippen molar-refractivity contribution in [1.29, 1.82) is 0 Å². The Kier molecular flexibility index (Phi) is 8.61. The van der Waals surface area contributed by atoms with Gasteiger partial charge in [0.15, 0.2) is 6.61 Å². The smallest absolute Gasteiger partial charge is 0.257 e. The summed E-state index contributed by atoms with van der Waals surface area (Å²) in [6.45, 7) is 8.11.